The van der Waals surface area contributed by atoms with E-state index in [9.17, 15) is 14.9 Å². The number of amides is 2. The first-order valence-corrected chi connectivity index (χ1v) is 11.2. The monoisotopic (exact) mass is 427 g/mol. The maximum Gasteiger partial charge on any atom is 0.253 e. The molecule has 5 nitrogen and oxygen atoms in total. The number of piperidine rings is 1. The van der Waals surface area contributed by atoms with Gasteiger partial charge in [0.25, 0.3) is 5.91 Å². The van der Waals surface area contributed by atoms with E-state index in [1.165, 1.54) is 16.2 Å². The average Bonchev–Trinajstić information content (AvgIpc) is 3.10. The molecule has 2 amide bonds. The second kappa shape index (κ2) is 8.56. The minimum Gasteiger partial charge on any atom is -0.338 e. The fourth-order valence-corrected chi connectivity index (χ4v) is 5.51. The van der Waals surface area contributed by atoms with Crippen molar-refractivity contribution in [3.63, 3.8) is 0 Å². The summed E-state index contributed by atoms with van der Waals surface area (Å²) in [5.41, 5.74) is 2.32. The number of hydrogen-bond acceptors (Lipinski definition) is 4. The number of hydrogen-bond donors (Lipinski definition) is 1. The van der Waals surface area contributed by atoms with E-state index in [4.69, 9.17) is 11.6 Å². The lowest BCUT2D eigenvalue weighted by atomic mass is 9.95. The molecule has 2 aromatic rings. The van der Waals surface area contributed by atoms with Crippen LogP contribution < -0.4 is 5.32 Å². The molecule has 1 aliphatic carbocycles. The Bertz CT molecular complexity index is 977. The van der Waals surface area contributed by atoms with Gasteiger partial charge in [0.1, 0.15) is 11.1 Å². The Morgan fingerprint density at radius 2 is 1.93 bits per heavy atom. The number of nitriles is 1. The Morgan fingerprint density at radius 3 is 2.69 bits per heavy atom. The third kappa shape index (κ3) is 4.17. The van der Waals surface area contributed by atoms with E-state index in [1.54, 1.807) is 29.2 Å². The number of nitrogens with zero attached hydrogens (tertiary/aromatic N) is 2. The van der Waals surface area contributed by atoms with Crippen LogP contribution in [0.15, 0.2) is 24.3 Å². The molecule has 0 unspecified atom stereocenters. The smallest absolute Gasteiger partial charge is 0.253 e. The average molecular weight is 428 g/mol. The van der Waals surface area contributed by atoms with Crippen molar-refractivity contribution < 1.29 is 9.59 Å². The third-order valence-corrected chi connectivity index (χ3v) is 7.15. The molecule has 1 N–H and O–H groups in total. The molecule has 1 aromatic heterocycles. The summed E-state index contributed by atoms with van der Waals surface area (Å²) in [6.07, 6.45) is 5.65. The van der Waals surface area contributed by atoms with Crippen molar-refractivity contribution in [2.75, 3.05) is 18.4 Å². The van der Waals surface area contributed by atoms with Gasteiger partial charge in [0.15, 0.2) is 0 Å². The number of carbonyl (C=O) groups is 2. The van der Waals surface area contributed by atoms with Gasteiger partial charge in [-0.25, -0.2) is 0 Å². The molecule has 1 saturated heterocycles. The highest BCUT2D eigenvalue weighted by atomic mass is 35.5. The number of aryl methyl sites for hydroxylation is 1. The molecule has 29 heavy (non-hydrogen) atoms. The lowest BCUT2D eigenvalue weighted by Crippen LogP contribution is -2.43. The molecule has 0 saturated carbocycles. The predicted octanol–water partition coefficient (Wildman–Crippen LogP) is 4.64. The van der Waals surface area contributed by atoms with Crippen LogP contribution in [0, 0.1) is 17.2 Å². The number of fused-ring (bicyclic) bond motifs is 1. The second-order valence-corrected chi connectivity index (χ2v) is 9.15. The van der Waals surface area contributed by atoms with E-state index in [2.05, 4.69) is 11.4 Å². The highest BCUT2D eigenvalue weighted by Gasteiger charge is 2.30. The van der Waals surface area contributed by atoms with Crippen molar-refractivity contribution >= 4 is 39.8 Å². The van der Waals surface area contributed by atoms with Crippen molar-refractivity contribution in [1.29, 1.82) is 5.26 Å². The summed E-state index contributed by atoms with van der Waals surface area (Å²) in [7, 11) is 0. The van der Waals surface area contributed by atoms with Crippen LogP contribution in [0.2, 0.25) is 5.02 Å². The Balaban J connectivity index is 1.45. The zero-order chi connectivity index (χ0) is 20.4. The minimum absolute atomic E-state index is 0.0801. The first kappa shape index (κ1) is 19.9. The van der Waals surface area contributed by atoms with Crippen molar-refractivity contribution in [3.05, 3.63) is 50.9 Å². The maximum absolute atomic E-state index is 12.9. The van der Waals surface area contributed by atoms with Crippen molar-refractivity contribution in [2.45, 2.75) is 38.5 Å². The quantitative estimate of drug-likeness (QED) is 0.775. The van der Waals surface area contributed by atoms with Gasteiger partial charge in [-0.1, -0.05) is 11.6 Å². The molecule has 2 heterocycles. The first-order valence-electron chi connectivity index (χ1n) is 9.97. The van der Waals surface area contributed by atoms with Gasteiger partial charge in [0.05, 0.1) is 11.5 Å². The Morgan fingerprint density at radius 1 is 1.17 bits per heavy atom. The molecule has 1 aliphatic heterocycles. The summed E-state index contributed by atoms with van der Waals surface area (Å²) in [6, 6.07) is 9.11. The van der Waals surface area contributed by atoms with Crippen LogP contribution >= 0.6 is 22.9 Å². The standard InChI is InChI=1S/C22H22ClN3O2S/c23-16-9-7-14(8-10-16)22(28)26-11-3-4-15(13-26)20(27)25-21-18(12-24)17-5-1-2-6-19(17)29-21/h7-10,15H,1-6,11,13H2,(H,25,27)/t15-/m0/s1. The summed E-state index contributed by atoms with van der Waals surface area (Å²) in [4.78, 5) is 28.7. The van der Waals surface area contributed by atoms with E-state index in [0.29, 0.717) is 34.2 Å². The normalized spacial score (nSPS) is 18.6. The number of halogens is 1. The Hall–Kier alpha value is -2.36. The molecule has 2 aliphatic rings. The van der Waals surface area contributed by atoms with Crippen LogP contribution in [0.3, 0.4) is 0 Å². The number of likely N-dealkylation sites (tertiary alicyclic amines) is 1. The predicted molar refractivity (Wildman–Crippen MR) is 114 cm³/mol. The number of thiophene rings is 1. The van der Waals surface area contributed by atoms with Crippen LogP contribution in [0.25, 0.3) is 0 Å². The fourth-order valence-electron chi connectivity index (χ4n) is 4.14. The summed E-state index contributed by atoms with van der Waals surface area (Å²) >= 11 is 7.44. The third-order valence-electron chi connectivity index (χ3n) is 5.69. The molecule has 150 valence electrons. The molecule has 1 aromatic carbocycles. The zero-order valence-electron chi connectivity index (χ0n) is 16.0. The van der Waals surface area contributed by atoms with Gasteiger partial charge in [0, 0.05) is 28.6 Å². The first-order chi connectivity index (χ1) is 14.1. The summed E-state index contributed by atoms with van der Waals surface area (Å²) < 4.78 is 0. The number of carbonyl (C=O) groups excluding carboxylic acids is 2. The molecule has 0 bridgehead atoms. The van der Waals surface area contributed by atoms with Gasteiger partial charge >= 0.3 is 0 Å². The van der Waals surface area contributed by atoms with Crippen LogP contribution in [0.1, 0.15) is 52.0 Å². The molecule has 0 radical (unpaired) electrons. The topological polar surface area (TPSA) is 73.2 Å². The Labute approximate surface area is 179 Å². The van der Waals surface area contributed by atoms with E-state index >= 15 is 0 Å². The molecule has 1 fully saturated rings. The van der Waals surface area contributed by atoms with E-state index in [0.717, 1.165) is 44.1 Å². The van der Waals surface area contributed by atoms with E-state index in [1.807, 2.05) is 0 Å². The number of benzene rings is 1. The molecule has 0 spiro atoms. The van der Waals surface area contributed by atoms with Crippen LogP contribution in [0.5, 0.6) is 0 Å². The van der Waals surface area contributed by atoms with E-state index in [-0.39, 0.29) is 17.7 Å². The van der Waals surface area contributed by atoms with Gasteiger partial charge in [-0.05, 0) is 68.4 Å². The lowest BCUT2D eigenvalue weighted by molar-refractivity contribution is -0.121. The van der Waals surface area contributed by atoms with Gasteiger partial charge in [0.2, 0.25) is 5.91 Å². The maximum atomic E-state index is 12.9. The SMILES string of the molecule is N#Cc1c(NC(=O)[C@H]2CCCN(C(=O)c3ccc(Cl)cc3)C2)sc2c1CCCC2. The highest BCUT2D eigenvalue weighted by molar-refractivity contribution is 7.16. The van der Waals surface area contributed by atoms with Gasteiger partial charge in [-0.15, -0.1) is 11.3 Å². The highest BCUT2D eigenvalue weighted by Crippen LogP contribution is 2.38. The van der Waals surface area contributed by atoms with Gasteiger partial charge in [-0.3, -0.25) is 9.59 Å². The van der Waals surface area contributed by atoms with Gasteiger partial charge < -0.3 is 10.2 Å². The van der Waals surface area contributed by atoms with Crippen molar-refractivity contribution in [2.24, 2.45) is 5.92 Å². The number of anilines is 1. The summed E-state index contributed by atoms with van der Waals surface area (Å²) in [5, 5.41) is 13.8. The minimum atomic E-state index is -0.273. The Kier molecular flexibility index (Phi) is 5.89. The fraction of sp³-hybridized carbons (Fsp3) is 0.409. The molecular formula is C22H22ClN3O2S. The molecule has 7 heteroatoms. The lowest BCUT2D eigenvalue weighted by Gasteiger charge is -2.32. The van der Waals surface area contributed by atoms with E-state index < -0.39 is 0 Å². The van der Waals surface area contributed by atoms with Crippen LogP contribution in [0.4, 0.5) is 5.00 Å². The summed E-state index contributed by atoms with van der Waals surface area (Å²) in [5.74, 6) is -0.456. The van der Waals surface area contributed by atoms with Crippen molar-refractivity contribution in [1.82, 2.24) is 4.90 Å². The van der Waals surface area contributed by atoms with Crippen molar-refractivity contribution in [3.8, 4) is 6.07 Å². The molecule has 1 atom stereocenters. The van der Waals surface area contributed by atoms with Crippen LogP contribution in [-0.4, -0.2) is 29.8 Å². The second-order valence-electron chi connectivity index (χ2n) is 7.61. The molecule has 4 rings (SSSR count). The summed E-state index contributed by atoms with van der Waals surface area (Å²) in [6.45, 7) is 1.03. The number of rotatable bonds is 3. The largest absolute Gasteiger partial charge is 0.338 e. The number of nitrogens with one attached hydrogen (secondary N) is 1. The van der Waals surface area contributed by atoms with Gasteiger partial charge in [-0.2, -0.15) is 5.26 Å². The molecular weight excluding hydrogens is 406 g/mol. The van der Waals surface area contributed by atoms with Crippen LogP contribution in [-0.2, 0) is 17.6 Å². The zero-order valence-corrected chi connectivity index (χ0v) is 17.6.